The molecule has 0 saturated heterocycles. The third-order valence-corrected chi connectivity index (χ3v) is 5.97. The molecule has 36 heavy (non-hydrogen) atoms. The van der Waals surface area contributed by atoms with Crippen molar-refractivity contribution in [1.29, 1.82) is 0 Å². The molecule has 3 amide bonds. The van der Waals surface area contributed by atoms with Gasteiger partial charge in [-0.1, -0.05) is 41.9 Å². The van der Waals surface area contributed by atoms with Gasteiger partial charge in [0.2, 0.25) is 5.91 Å². The molecule has 0 saturated carbocycles. The number of aromatic nitrogens is 1. The number of hydrogen-bond acceptors (Lipinski definition) is 3. The molecule has 0 atom stereocenters. The zero-order valence-electron chi connectivity index (χ0n) is 20.6. The van der Waals surface area contributed by atoms with E-state index >= 15 is 0 Å². The molecule has 0 radical (unpaired) electrons. The zero-order chi connectivity index (χ0) is 25.9. The Morgan fingerprint density at radius 1 is 1.06 bits per heavy atom. The number of hydrogen-bond donors (Lipinski definition) is 1. The first-order valence-electron chi connectivity index (χ1n) is 11.9. The Bertz CT molecular complexity index is 1140. The van der Waals surface area contributed by atoms with Crippen LogP contribution in [0.4, 0.5) is 14.9 Å². The van der Waals surface area contributed by atoms with E-state index in [0.29, 0.717) is 45.0 Å². The standard InChI is InChI=1S/C27H32ClFN4O3/c1-3-36-16-8-15-32(27(35)30-22-12-13-25(29)24(28)17-22)20-26(34)33(18-21-9-5-4-6-10-21)19-23-11-7-14-31(23)2/h4-7,9-14,17H,3,8,15-16,18-20H2,1-2H3,(H,30,35). The molecule has 3 aromatic rings. The average Bonchev–Trinajstić information content (AvgIpc) is 3.27. The summed E-state index contributed by atoms with van der Waals surface area (Å²) in [4.78, 5) is 29.8. The lowest BCUT2D eigenvalue weighted by Gasteiger charge is -2.28. The minimum absolute atomic E-state index is 0.0941. The lowest BCUT2D eigenvalue weighted by molar-refractivity contribution is -0.133. The van der Waals surface area contributed by atoms with E-state index in [2.05, 4.69) is 5.32 Å². The Balaban J connectivity index is 1.76. The molecule has 1 aromatic heterocycles. The van der Waals surface area contributed by atoms with Crippen LogP contribution in [0.25, 0.3) is 0 Å². The van der Waals surface area contributed by atoms with Crippen LogP contribution in [0.1, 0.15) is 24.6 Å². The van der Waals surface area contributed by atoms with Gasteiger partial charge in [0.25, 0.3) is 0 Å². The summed E-state index contributed by atoms with van der Waals surface area (Å²) in [6.45, 7) is 3.94. The van der Waals surface area contributed by atoms with E-state index in [0.717, 1.165) is 11.3 Å². The third-order valence-electron chi connectivity index (χ3n) is 5.68. The number of nitrogens with zero attached hydrogens (tertiary/aromatic N) is 3. The van der Waals surface area contributed by atoms with Crippen LogP contribution in [0.5, 0.6) is 0 Å². The lowest BCUT2D eigenvalue weighted by atomic mass is 10.2. The molecule has 7 nitrogen and oxygen atoms in total. The number of carbonyl (C=O) groups is 2. The van der Waals surface area contributed by atoms with E-state index in [1.165, 1.54) is 23.1 Å². The smallest absolute Gasteiger partial charge is 0.322 e. The number of urea groups is 1. The van der Waals surface area contributed by atoms with E-state index in [1.807, 2.05) is 67.2 Å². The quantitative estimate of drug-likeness (QED) is 0.333. The molecule has 2 aromatic carbocycles. The van der Waals surface area contributed by atoms with Gasteiger partial charge in [-0.2, -0.15) is 0 Å². The van der Waals surface area contributed by atoms with Crippen molar-refractivity contribution in [3.05, 3.63) is 89.0 Å². The summed E-state index contributed by atoms with van der Waals surface area (Å²) in [5, 5.41) is 2.63. The first-order chi connectivity index (χ1) is 17.4. The molecule has 0 aliphatic carbocycles. The maximum Gasteiger partial charge on any atom is 0.322 e. The fourth-order valence-corrected chi connectivity index (χ4v) is 3.87. The van der Waals surface area contributed by atoms with Crippen molar-refractivity contribution in [2.75, 3.05) is 31.6 Å². The summed E-state index contributed by atoms with van der Waals surface area (Å²) in [7, 11) is 1.93. The minimum Gasteiger partial charge on any atom is -0.382 e. The highest BCUT2D eigenvalue weighted by molar-refractivity contribution is 6.31. The zero-order valence-corrected chi connectivity index (χ0v) is 21.4. The third kappa shape index (κ3) is 8.10. The number of aryl methyl sites for hydroxylation is 1. The van der Waals surface area contributed by atoms with Crippen LogP contribution in [0.3, 0.4) is 0 Å². The highest BCUT2D eigenvalue weighted by atomic mass is 35.5. The highest BCUT2D eigenvalue weighted by Crippen LogP contribution is 2.20. The van der Waals surface area contributed by atoms with Crippen molar-refractivity contribution in [1.82, 2.24) is 14.4 Å². The molecule has 1 heterocycles. The summed E-state index contributed by atoms with van der Waals surface area (Å²) in [5.74, 6) is -0.764. The van der Waals surface area contributed by atoms with E-state index in [4.69, 9.17) is 16.3 Å². The van der Waals surface area contributed by atoms with Crippen LogP contribution in [0.2, 0.25) is 5.02 Å². The van der Waals surface area contributed by atoms with Gasteiger partial charge in [-0.05, 0) is 49.2 Å². The maximum absolute atomic E-state index is 13.5. The fraction of sp³-hybridized carbons (Fsp3) is 0.333. The van der Waals surface area contributed by atoms with Gasteiger partial charge in [-0.15, -0.1) is 0 Å². The first kappa shape index (κ1) is 27.2. The highest BCUT2D eigenvalue weighted by Gasteiger charge is 2.23. The molecule has 0 fully saturated rings. The molecule has 0 unspecified atom stereocenters. The number of rotatable bonds is 12. The van der Waals surface area contributed by atoms with E-state index in [9.17, 15) is 14.0 Å². The summed E-state index contributed by atoms with van der Waals surface area (Å²) >= 11 is 5.86. The Morgan fingerprint density at radius 3 is 2.50 bits per heavy atom. The normalized spacial score (nSPS) is 10.8. The summed E-state index contributed by atoms with van der Waals surface area (Å²) in [6.07, 6.45) is 2.50. The van der Waals surface area contributed by atoms with Crippen LogP contribution < -0.4 is 5.32 Å². The van der Waals surface area contributed by atoms with Crippen molar-refractivity contribution in [2.24, 2.45) is 7.05 Å². The van der Waals surface area contributed by atoms with Crippen LogP contribution in [-0.2, 0) is 29.7 Å². The number of benzene rings is 2. The van der Waals surface area contributed by atoms with Gasteiger partial charge in [0, 0.05) is 50.9 Å². The maximum atomic E-state index is 13.5. The minimum atomic E-state index is -0.573. The van der Waals surface area contributed by atoms with Gasteiger partial charge >= 0.3 is 6.03 Å². The summed E-state index contributed by atoms with van der Waals surface area (Å²) in [5.41, 5.74) is 2.32. The van der Waals surface area contributed by atoms with Crippen molar-refractivity contribution in [3.8, 4) is 0 Å². The topological polar surface area (TPSA) is 66.8 Å². The predicted molar refractivity (Wildman–Crippen MR) is 139 cm³/mol. The Hall–Kier alpha value is -3.36. The molecule has 3 rings (SSSR count). The molecule has 0 aliphatic rings. The Morgan fingerprint density at radius 2 is 1.83 bits per heavy atom. The number of carbonyl (C=O) groups excluding carboxylic acids is 2. The van der Waals surface area contributed by atoms with Crippen LogP contribution >= 0.6 is 11.6 Å². The number of nitrogens with one attached hydrogen (secondary N) is 1. The van der Waals surface area contributed by atoms with Crippen molar-refractivity contribution < 1.29 is 18.7 Å². The molecule has 0 aliphatic heterocycles. The van der Waals surface area contributed by atoms with Crippen molar-refractivity contribution in [3.63, 3.8) is 0 Å². The molecule has 9 heteroatoms. The SMILES string of the molecule is CCOCCCN(CC(=O)N(Cc1ccccc1)Cc1cccn1C)C(=O)Nc1ccc(F)c(Cl)c1. The number of halogens is 2. The van der Waals surface area contributed by atoms with Crippen LogP contribution in [0, 0.1) is 5.82 Å². The van der Waals surface area contributed by atoms with Gasteiger partial charge in [-0.3, -0.25) is 4.79 Å². The van der Waals surface area contributed by atoms with Crippen LogP contribution in [-0.4, -0.2) is 52.6 Å². The van der Waals surface area contributed by atoms with E-state index in [1.54, 1.807) is 4.90 Å². The van der Waals surface area contributed by atoms with E-state index < -0.39 is 11.8 Å². The molecular weight excluding hydrogens is 483 g/mol. The fourth-order valence-electron chi connectivity index (χ4n) is 3.69. The summed E-state index contributed by atoms with van der Waals surface area (Å²) in [6, 6.07) is 17.1. The van der Waals surface area contributed by atoms with Crippen LogP contribution in [0.15, 0.2) is 66.9 Å². The predicted octanol–water partition coefficient (Wildman–Crippen LogP) is 5.31. The van der Waals surface area contributed by atoms with E-state index in [-0.39, 0.29) is 17.5 Å². The first-order valence-corrected chi connectivity index (χ1v) is 12.3. The number of ether oxygens (including phenoxy) is 1. The molecule has 0 spiro atoms. The lowest BCUT2D eigenvalue weighted by Crippen LogP contribution is -2.44. The monoisotopic (exact) mass is 514 g/mol. The molecule has 0 bridgehead atoms. The average molecular weight is 515 g/mol. The van der Waals surface area contributed by atoms with Crippen molar-refractivity contribution >= 4 is 29.2 Å². The Labute approximate surface area is 216 Å². The van der Waals surface area contributed by atoms with Gasteiger partial charge in [0.1, 0.15) is 12.4 Å². The van der Waals surface area contributed by atoms with Crippen molar-refractivity contribution in [2.45, 2.75) is 26.4 Å². The van der Waals surface area contributed by atoms with Gasteiger partial charge < -0.3 is 24.4 Å². The second-order valence-corrected chi connectivity index (χ2v) is 8.78. The molecular formula is C27H32ClFN4O3. The number of amides is 3. The number of anilines is 1. The second kappa shape index (κ2) is 13.7. The van der Waals surface area contributed by atoms with Gasteiger partial charge in [0.05, 0.1) is 11.6 Å². The Kier molecular flexibility index (Phi) is 10.3. The van der Waals surface area contributed by atoms with Gasteiger partial charge in [0.15, 0.2) is 0 Å². The second-order valence-electron chi connectivity index (χ2n) is 8.38. The van der Waals surface area contributed by atoms with Gasteiger partial charge in [-0.25, -0.2) is 9.18 Å². The largest absolute Gasteiger partial charge is 0.382 e. The molecule has 192 valence electrons. The summed E-state index contributed by atoms with van der Waals surface area (Å²) < 4.78 is 20.9. The molecule has 1 N–H and O–H groups in total.